The van der Waals surface area contributed by atoms with Gasteiger partial charge < -0.3 is 10.2 Å². The number of hydrogen-bond acceptors (Lipinski definition) is 3. The maximum Gasteiger partial charge on any atom is 0.234 e. The molecule has 1 aliphatic rings. The van der Waals surface area contributed by atoms with Gasteiger partial charge in [0.2, 0.25) is 5.91 Å². The van der Waals surface area contributed by atoms with E-state index >= 15 is 0 Å². The van der Waals surface area contributed by atoms with E-state index in [-0.39, 0.29) is 17.8 Å². The molecule has 1 atom stereocenters. The zero-order valence-corrected chi connectivity index (χ0v) is 15.5. The van der Waals surface area contributed by atoms with Crippen LogP contribution < -0.4 is 10.2 Å². The van der Waals surface area contributed by atoms with Gasteiger partial charge in [0, 0.05) is 26.2 Å². The van der Waals surface area contributed by atoms with E-state index in [1.165, 1.54) is 12.1 Å². The maximum atomic E-state index is 13.0. The van der Waals surface area contributed by atoms with Crippen molar-refractivity contribution in [2.75, 3.05) is 37.6 Å². The van der Waals surface area contributed by atoms with Gasteiger partial charge in [-0.1, -0.05) is 35.9 Å². The third kappa shape index (κ3) is 4.74. The van der Waals surface area contributed by atoms with Gasteiger partial charge in [-0.2, -0.15) is 0 Å². The van der Waals surface area contributed by atoms with Gasteiger partial charge in [0.1, 0.15) is 5.82 Å². The van der Waals surface area contributed by atoms with Gasteiger partial charge in [0.15, 0.2) is 0 Å². The Hall–Kier alpha value is -2.11. The lowest BCUT2D eigenvalue weighted by Gasteiger charge is -2.36. The van der Waals surface area contributed by atoms with Crippen LogP contribution in [0.2, 0.25) is 5.02 Å². The van der Waals surface area contributed by atoms with E-state index in [0.29, 0.717) is 6.54 Å². The van der Waals surface area contributed by atoms with Gasteiger partial charge in [-0.3, -0.25) is 9.69 Å². The van der Waals surface area contributed by atoms with Crippen LogP contribution in [0.3, 0.4) is 0 Å². The van der Waals surface area contributed by atoms with Crippen LogP contribution in [-0.4, -0.2) is 43.5 Å². The van der Waals surface area contributed by atoms with Crippen molar-refractivity contribution < 1.29 is 9.18 Å². The van der Waals surface area contributed by atoms with Crippen molar-refractivity contribution in [3.63, 3.8) is 0 Å². The van der Waals surface area contributed by atoms with Gasteiger partial charge in [-0.15, -0.1) is 0 Å². The second kappa shape index (κ2) is 8.52. The zero-order valence-electron chi connectivity index (χ0n) is 14.8. The van der Waals surface area contributed by atoms with E-state index in [1.54, 1.807) is 12.1 Å². The number of amides is 1. The first-order valence-electron chi connectivity index (χ1n) is 8.79. The first-order valence-corrected chi connectivity index (χ1v) is 9.17. The molecule has 1 heterocycles. The van der Waals surface area contributed by atoms with Crippen LogP contribution in [0.4, 0.5) is 10.1 Å². The summed E-state index contributed by atoms with van der Waals surface area (Å²) in [5.74, 6) is -0.295. The Bertz CT molecular complexity index is 745. The van der Waals surface area contributed by atoms with E-state index < -0.39 is 0 Å². The van der Waals surface area contributed by atoms with Crippen molar-refractivity contribution in [2.45, 2.75) is 13.0 Å². The fourth-order valence-corrected chi connectivity index (χ4v) is 3.44. The van der Waals surface area contributed by atoms with Gasteiger partial charge >= 0.3 is 0 Å². The van der Waals surface area contributed by atoms with Crippen LogP contribution in [0, 0.1) is 5.82 Å². The quantitative estimate of drug-likeness (QED) is 0.869. The van der Waals surface area contributed by atoms with E-state index in [4.69, 9.17) is 11.6 Å². The van der Waals surface area contributed by atoms with Gasteiger partial charge in [0.05, 0.1) is 23.3 Å². The second-order valence-electron chi connectivity index (χ2n) is 6.56. The SMILES string of the molecule is C[C@H](NC(=O)CN1CCN(c2ccccc2Cl)CC1)c1ccc(F)cc1. The third-order valence-electron chi connectivity index (χ3n) is 4.68. The summed E-state index contributed by atoms with van der Waals surface area (Å²) in [4.78, 5) is 16.7. The highest BCUT2D eigenvalue weighted by atomic mass is 35.5. The topological polar surface area (TPSA) is 35.6 Å². The Balaban J connectivity index is 1.47. The average molecular weight is 376 g/mol. The van der Waals surface area contributed by atoms with Crippen molar-refractivity contribution in [1.82, 2.24) is 10.2 Å². The highest BCUT2D eigenvalue weighted by Gasteiger charge is 2.21. The van der Waals surface area contributed by atoms with E-state index in [9.17, 15) is 9.18 Å². The molecule has 4 nitrogen and oxygen atoms in total. The van der Waals surface area contributed by atoms with Gasteiger partial charge in [-0.05, 0) is 36.8 Å². The molecule has 3 rings (SSSR count). The highest BCUT2D eigenvalue weighted by Crippen LogP contribution is 2.26. The molecule has 1 amide bonds. The molecule has 1 fully saturated rings. The predicted molar refractivity (Wildman–Crippen MR) is 103 cm³/mol. The van der Waals surface area contributed by atoms with E-state index in [1.807, 2.05) is 31.2 Å². The molecule has 0 unspecified atom stereocenters. The number of piperazine rings is 1. The zero-order chi connectivity index (χ0) is 18.5. The number of rotatable bonds is 5. The Labute approximate surface area is 158 Å². The summed E-state index contributed by atoms with van der Waals surface area (Å²) in [5.41, 5.74) is 1.94. The summed E-state index contributed by atoms with van der Waals surface area (Å²) in [5, 5.41) is 3.73. The number of carbonyl (C=O) groups is 1. The molecule has 2 aromatic rings. The van der Waals surface area contributed by atoms with Crippen LogP contribution in [0.1, 0.15) is 18.5 Å². The summed E-state index contributed by atoms with van der Waals surface area (Å²) < 4.78 is 13.0. The lowest BCUT2D eigenvalue weighted by atomic mass is 10.1. The van der Waals surface area contributed by atoms with Crippen LogP contribution in [0.15, 0.2) is 48.5 Å². The average Bonchev–Trinajstić information content (AvgIpc) is 2.63. The fourth-order valence-electron chi connectivity index (χ4n) is 3.18. The number of anilines is 1. The number of para-hydroxylation sites is 1. The van der Waals surface area contributed by atoms with Crippen LogP contribution >= 0.6 is 11.6 Å². The second-order valence-corrected chi connectivity index (χ2v) is 6.96. The summed E-state index contributed by atoms with van der Waals surface area (Å²) in [6, 6.07) is 13.9. The summed E-state index contributed by atoms with van der Waals surface area (Å²) in [6.45, 7) is 5.56. The predicted octanol–water partition coefficient (Wildman–Crippen LogP) is 3.48. The Morgan fingerprint density at radius 1 is 1.12 bits per heavy atom. The van der Waals surface area contributed by atoms with E-state index in [2.05, 4.69) is 15.1 Å². The summed E-state index contributed by atoms with van der Waals surface area (Å²) in [6.07, 6.45) is 0. The number of carbonyl (C=O) groups excluding carboxylic acids is 1. The Kier molecular flexibility index (Phi) is 6.12. The molecular weight excluding hydrogens is 353 g/mol. The maximum absolute atomic E-state index is 13.0. The number of nitrogens with one attached hydrogen (secondary N) is 1. The molecular formula is C20H23ClFN3O. The molecule has 6 heteroatoms. The van der Waals surface area contributed by atoms with Crippen LogP contribution in [0.5, 0.6) is 0 Å². The first kappa shape index (κ1) is 18.7. The van der Waals surface area contributed by atoms with Crippen molar-refractivity contribution in [1.29, 1.82) is 0 Å². The molecule has 0 saturated carbocycles. The number of hydrogen-bond donors (Lipinski definition) is 1. The lowest BCUT2D eigenvalue weighted by Crippen LogP contribution is -2.49. The molecule has 0 aromatic heterocycles. The standard InChI is InChI=1S/C20H23ClFN3O/c1-15(16-6-8-17(22)9-7-16)23-20(26)14-24-10-12-25(13-11-24)19-5-3-2-4-18(19)21/h2-9,15H,10-14H2,1H3,(H,23,26)/t15-/m0/s1. The number of nitrogens with zero attached hydrogens (tertiary/aromatic N) is 2. The highest BCUT2D eigenvalue weighted by molar-refractivity contribution is 6.33. The minimum absolute atomic E-state index is 0.0204. The summed E-state index contributed by atoms with van der Waals surface area (Å²) >= 11 is 6.26. The molecule has 2 aromatic carbocycles. The number of benzene rings is 2. The van der Waals surface area contributed by atoms with Crippen LogP contribution in [0.25, 0.3) is 0 Å². The molecule has 1 N–H and O–H groups in total. The van der Waals surface area contributed by atoms with Crippen molar-refractivity contribution in [3.8, 4) is 0 Å². The molecule has 138 valence electrons. The molecule has 0 aliphatic carbocycles. The van der Waals surface area contributed by atoms with Gasteiger partial charge in [0.25, 0.3) is 0 Å². The molecule has 0 radical (unpaired) electrons. The minimum atomic E-state index is -0.274. The molecule has 1 aliphatic heterocycles. The molecule has 1 saturated heterocycles. The largest absolute Gasteiger partial charge is 0.368 e. The molecule has 0 spiro atoms. The first-order chi connectivity index (χ1) is 12.5. The normalized spacial score (nSPS) is 16.3. The third-order valence-corrected chi connectivity index (χ3v) is 5.00. The summed E-state index contributed by atoms with van der Waals surface area (Å²) in [7, 11) is 0. The number of halogens is 2. The van der Waals surface area contributed by atoms with Crippen molar-refractivity contribution >= 4 is 23.2 Å². The Morgan fingerprint density at radius 2 is 1.77 bits per heavy atom. The monoisotopic (exact) mass is 375 g/mol. The van der Waals surface area contributed by atoms with Crippen LogP contribution in [-0.2, 0) is 4.79 Å². The minimum Gasteiger partial charge on any atom is -0.368 e. The van der Waals surface area contributed by atoms with Gasteiger partial charge in [-0.25, -0.2) is 4.39 Å². The van der Waals surface area contributed by atoms with Crippen molar-refractivity contribution in [3.05, 3.63) is 64.9 Å². The Morgan fingerprint density at radius 3 is 2.42 bits per heavy atom. The smallest absolute Gasteiger partial charge is 0.234 e. The van der Waals surface area contributed by atoms with Crippen molar-refractivity contribution in [2.24, 2.45) is 0 Å². The lowest BCUT2D eigenvalue weighted by molar-refractivity contribution is -0.123. The van der Waals surface area contributed by atoms with E-state index in [0.717, 1.165) is 42.5 Å². The molecule has 26 heavy (non-hydrogen) atoms. The molecule has 0 bridgehead atoms. The fraction of sp³-hybridized carbons (Fsp3) is 0.350.